The molecule has 3 aromatic heterocycles. The van der Waals surface area contributed by atoms with Crippen LogP contribution in [0.4, 0.5) is 0 Å². The van der Waals surface area contributed by atoms with E-state index in [1.165, 1.54) is 104 Å². The van der Waals surface area contributed by atoms with Gasteiger partial charge in [-0.25, -0.2) is 0 Å². The van der Waals surface area contributed by atoms with Crippen LogP contribution in [0.2, 0.25) is 0 Å². The molecule has 58 heavy (non-hydrogen) atoms. The summed E-state index contributed by atoms with van der Waals surface area (Å²) in [6, 6.07) is 71.0. The predicted molar refractivity (Wildman–Crippen MR) is 243 cm³/mol. The van der Waals surface area contributed by atoms with Crippen molar-refractivity contribution in [2.75, 3.05) is 0 Å². The Labute approximate surface area is 334 Å². The third-order valence-corrected chi connectivity index (χ3v) is 12.5. The summed E-state index contributed by atoms with van der Waals surface area (Å²) >= 11 is 0. The number of nitrogens with zero attached hydrogens (tertiary/aromatic N) is 3. The average Bonchev–Trinajstić information content (AvgIpc) is 3.93. The van der Waals surface area contributed by atoms with Crippen LogP contribution in [0.25, 0.3) is 121 Å². The molecule has 0 atom stereocenters. The van der Waals surface area contributed by atoms with E-state index in [1.54, 1.807) is 0 Å². The molecule has 3 heteroatoms. The van der Waals surface area contributed by atoms with Crippen LogP contribution in [-0.2, 0) is 0 Å². The molecule has 9 aromatic carbocycles. The summed E-state index contributed by atoms with van der Waals surface area (Å²) in [5.41, 5.74) is 16.7. The highest BCUT2D eigenvalue weighted by Crippen LogP contribution is 2.49. The van der Waals surface area contributed by atoms with Crippen molar-refractivity contribution in [3.05, 3.63) is 200 Å². The van der Waals surface area contributed by atoms with Crippen LogP contribution >= 0.6 is 0 Å². The second-order valence-corrected chi connectivity index (χ2v) is 15.5. The maximum atomic E-state index is 5.14. The molecular weight excluding hydrogens is 703 g/mol. The lowest BCUT2D eigenvalue weighted by molar-refractivity contribution is 1.18. The zero-order valence-corrected chi connectivity index (χ0v) is 31.4. The minimum absolute atomic E-state index is 1.01. The fourth-order valence-corrected chi connectivity index (χ4v) is 9.97. The minimum Gasteiger partial charge on any atom is -0.309 e. The Balaban J connectivity index is 0.951. The molecule has 0 bridgehead atoms. The quantitative estimate of drug-likeness (QED) is 0.176. The van der Waals surface area contributed by atoms with E-state index in [1.807, 2.05) is 0 Å². The van der Waals surface area contributed by atoms with Gasteiger partial charge in [0.25, 0.3) is 0 Å². The predicted octanol–water partition coefficient (Wildman–Crippen LogP) is 14.6. The van der Waals surface area contributed by atoms with Gasteiger partial charge in [0.2, 0.25) is 0 Å². The summed E-state index contributed by atoms with van der Waals surface area (Å²) in [5.74, 6) is 0. The van der Waals surface area contributed by atoms with Gasteiger partial charge in [-0.2, -0.15) is 0 Å². The molecule has 0 aliphatic heterocycles. The number of fused-ring (bicyclic) bond motifs is 11. The summed E-state index contributed by atoms with van der Waals surface area (Å²) < 4.78 is 4.80. The van der Waals surface area contributed by atoms with E-state index in [2.05, 4.69) is 209 Å². The van der Waals surface area contributed by atoms with E-state index < -0.39 is 0 Å². The molecule has 0 unspecified atom stereocenters. The van der Waals surface area contributed by atoms with Crippen molar-refractivity contribution in [2.24, 2.45) is 0 Å². The highest BCUT2D eigenvalue weighted by molar-refractivity contribution is 6.22. The standard InChI is InChI=1S/C55H33N3/c1-2-13-38(14-3-1)57-49-22-8-6-18-43(49)47-32-35(25-28-51(47)57)34-24-27-40-36(30-34)26-29-52-54(40)45-19-7-9-23-50(45)58(52)39-15-10-12-37(31-39)55-46-21-11-20-44-41-16-4-5-17-42(41)48(33-56-55)53(44)46/h1-33H. The van der Waals surface area contributed by atoms with Crippen LogP contribution in [0.1, 0.15) is 0 Å². The Morgan fingerprint density at radius 3 is 1.81 bits per heavy atom. The largest absolute Gasteiger partial charge is 0.309 e. The van der Waals surface area contributed by atoms with Crippen molar-refractivity contribution in [3.63, 3.8) is 0 Å². The number of rotatable bonds is 4. The van der Waals surface area contributed by atoms with Crippen LogP contribution in [0.5, 0.6) is 0 Å². The lowest BCUT2D eigenvalue weighted by Crippen LogP contribution is -1.95. The van der Waals surface area contributed by atoms with Gasteiger partial charge in [-0.3, -0.25) is 4.98 Å². The topological polar surface area (TPSA) is 22.8 Å². The maximum Gasteiger partial charge on any atom is 0.0781 e. The van der Waals surface area contributed by atoms with E-state index >= 15 is 0 Å². The molecule has 1 aliphatic carbocycles. The molecule has 12 aromatic rings. The monoisotopic (exact) mass is 735 g/mol. The first-order valence-electron chi connectivity index (χ1n) is 20.0. The van der Waals surface area contributed by atoms with Gasteiger partial charge in [-0.05, 0) is 99.3 Å². The Bertz CT molecular complexity index is 3650. The number of benzene rings is 9. The fourth-order valence-electron chi connectivity index (χ4n) is 9.97. The van der Waals surface area contributed by atoms with Gasteiger partial charge in [0, 0.05) is 61.0 Å². The van der Waals surface area contributed by atoms with Crippen LogP contribution in [0, 0.1) is 0 Å². The SMILES string of the molecule is c1ccc(-n2c3ccccc3c3cc(-c4ccc5c(ccc6c5c5ccccc5n6-c5cccc(-c6ncc7c8c(cccc68)-c6ccccc6-7)c5)c4)ccc32)cc1. The smallest absolute Gasteiger partial charge is 0.0781 e. The molecular formula is C55H33N3. The van der Waals surface area contributed by atoms with Crippen molar-refractivity contribution in [1.29, 1.82) is 0 Å². The van der Waals surface area contributed by atoms with E-state index in [4.69, 9.17) is 4.98 Å². The van der Waals surface area contributed by atoms with E-state index in [0.717, 1.165) is 16.9 Å². The van der Waals surface area contributed by atoms with Crippen molar-refractivity contribution >= 4 is 65.2 Å². The summed E-state index contributed by atoms with van der Waals surface area (Å²) in [6.07, 6.45) is 2.07. The Morgan fingerprint density at radius 2 is 0.931 bits per heavy atom. The summed E-state index contributed by atoms with van der Waals surface area (Å²) in [6.45, 7) is 0. The van der Waals surface area contributed by atoms with Crippen LogP contribution in [0.15, 0.2) is 200 Å². The first kappa shape index (κ1) is 31.5. The van der Waals surface area contributed by atoms with Crippen molar-refractivity contribution in [1.82, 2.24) is 14.1 Å². The summed E-state index contributed by atoms with van der Waals surface area (Å²) in [7, 11) is 0. The molecule has 0 fully saturated rings. The second kappa shape index (κ2) is 11.9. The van der Waals surface area contributed by atoms with Gasteiger partial charge in [-0.1, -0.05) is 133 Å². The van der Waals surface area contributed by atoms with Crippen LogP contribution < -0.4 is 0 Å². The first-order valence-corrected chi connectivity index (χ1v) is 20.0. The van der Waals surface area contributed by atoms with E-state index in [-0.39, 0.29) is 0 Å². The third-order valence-electron chi connectivity index (χ3n) is 12.5. The van der Waals surface area contributed by atoms with Crippen molar-refractivity contribution in [3.8, 4) is 56.0 Å². The number of hydrogen-bond acceptors (Lipinski definition) is 1. The Morgan fingerprint density at radius 1 is 0.310 bits per heavy atom. The zero-order valence-electron chi connectivity index (χ0n) is 31.4. The molecule has 0 radical (unpaired) electrons. The molecule has 0 amide bonds. The van der Waals surface area contributed by atoms with E-state index in [0.29, 0.717) is 0 Å². The van der Waals surface area contributed by atoms with Gasteiger partial charge >= 0.3 is 0 Å². The molecule has 1 aliphatic rings. The molecule has 0 saturated heterocycles. The lowest BCUT2D eigenvalue weighted by Gasteiger charge is -2.12. The Hall–Kier alpha value is -7.75. The summed E-state index contributed by atoms with van der Waals surface area (Å²) in [4.78, 5) is 5.14. The average molecular weight is 736 g/mol. The number of aromatic nitrogens is 3. The van der Waals surface area contributed by atoms with Gasteiger partial charge in [0.15, 0.2) is 0 Å². The van der Waals surface area contributed by atoms with Crippen LogP contribution in [0.3, 0.4) is 0 Å². The number of hydrogen-bond donors (Lipinski definition) is 0. The minimum atomic E-state index is 1.01. The van der Waals surface area contributed by atoms with Crippen molar-refractivity contribution < 1.29 is 0 Å². The molecule has 3 heterocycles. The molecule has 3 nitrogen and oxygen atoms in total. The fraction of sp³-hybridized carbons (Fsp3) is 0. The third kappa shape index (κ3) is 4.36. The Kier molecular flexibility index (Phi) is 6.44. The molecule has 13 rings (SSSR count). The lowest BCUT2D eigenvalue weighted by atomic mass is 9.97. The molecule has 0 saturated carbocycles. The van der Waals surface area contributed by atoms with Gasteiger partial charge in [0.05, 0.1) is 27.8 Å². The highest BCUT2D eigenvalue weighted by atomic mass is 15.0. The second-order valence-electron chi connectivity index (χ2n) is 15.5. The normalized spacial score (nSPS) is 12.1. The number of para-hydroxylation sites is 3. The van der Waals surface area contributed by atoms with E-state index in [9.17, 15) is 0 Å². The zero-order chi connectivity index (χ0) is 37.9. The van der Waals surface area contributed by atoms with Crippen LogP contribution in [-0.4, -0.2) is 14.1 Å². The van der Waals surface area contributed by atoms with Crippen molar-refractivity contribution in [2.45, 2.75) is 0 Å². The molecule has 0 N–H and O–H groups in total. The van der Waals surface area contributed by atoms with Gasteiger partial charge < -0.3 is 9.13 Å². The highest BCUT2D eigenvalue weighted by Gasteiger charge is 2.24. The van der Waals surface area contributed by atoms with Gasteiger partial charge in [0.1, 0.15) is 0 Å². The maximum absolute atomic E-state index is 5.14. The molecule has 0 spiro atoms. The number of pyridine rings is 1. The van der Waals surface area contributed by atoms with Gasteiger partial charge in [-0.15, -0.1) is 0 Å². The first-order chi connectivity index (χ1) is 28.8. The summed E-state index contributed by atoms with van der Waals surface area (Å²) in [5, 5.41) is 10.0. The molecule has 268 valence electrons.